The highest BCUT2D eigenvalue weighted by Gasteiger charge is 2.10. The zero-order valence-corrected chi connectivity index (χ0v) is 15.3. The molecule has 136 valence electrons. The van der Waals surface area contributed by atoms with Crippen molar-refractivity contribution in [3.63, 3.8) is 0 Å². The standard InChI is InChI=1S/C20H16N2O4S/c1-25-16-5-2-14(3-6-16)22-9-8-21-20(22)27-12-13-10-19(24)26-18-11-15(23)4-7-17(13)18/h2-11,23H,12H2,1H3. The maximum atomic E-state index is 11.8. The average Bonchev–Trinajstić information content (AvgIpc) is 3.14. The van der Waals surface area contributed by atoms with Crippen molar-refractivity contribution in [2.24, 2.45) is 0 Å². The van der Waals surface area contributed by atoms with Gasteiger partial charge in [0.15, 0.2) is 5.16 Å². The molecule has 0 atom stereocenters. The van der Waals surface area contributed by atoms with E-state index in [4.69, 9.17) is 9.15 Å². The number of imidazole rings is 1. The maximum Gasteiger partial charge on any atom is 0.336 e. The lowest BCUT2D eigenvalue weighted by atomic mass is 10.1. The largest absolute Gasteiger partial charge is 0.508 e. The number of thioether (sulfide) groups is 1. The van der Waals surface area contributed by atoms with Crippen LogP contribution in [0.1, 0.15) is 5.56 Å². The van der Waals surface area contributed by atoms with Crippen LogP contribution >= 0.6 is 11.8 Å². The number of phenolic OH excluding ortho intramolecular Hbond substituents is 1. The van der Waals surface area contributed by atoms with E-state index in [1.165, 1.54) is 23.9 Å². The summed E-state index contributed by atoms with van der Waals surface area (Å²) in [5.74, 6) is 1.39. The summed E-state index contributed by atoms with van der Waals surface area (Å²) in [5, 5.41) is 11.2. The molecule has 0 aliphatic heterocycles. The number of nitrogens with zero attached hydrogens (tertiary/aromatic N) is 2. The first-order valence-corrected chi connectivity index (χ1v) is 9.19. The summed E-state index contributed by atoms with van der Waals surface area (Å²) in [5.41, 5.74) is 1.73. The number of aromatic hydroxyl groups is 1. The first-order valence-electron chi connectivity index (χ1n) is 8.20. The molecule has 0 aliphatic rings. The topological polar surface area (TPSA) is 77.5 Å². The molecule has 0 saturated carbocycles. The summed E-state index contributed by atoms with van der Waals surface area (Å²) in [6.45, 7) is 0. The second-order valence-electron chi connectivity index (χ2n) is 5.84. The minimum Gasteiger partial charge on any atom is -0.508 e. The number of aromatic nitrogens is 2. The van der Waals surface area contributed by atoms with Gasteiger partial charge in [-0.3, -0.25) is 4.57 Å². The van der Waals surface area contributed by atoms with Crippen molar-refractivity contribution in [1.29, 1.82) is 0 Å². The second-order valence-corrected chi connectivity index (χ2v) is 6.78. The van der Waals surface area contributed by atoms with Crippen LogP contribution in [0.25, 0.3) is 16.7 Å². The molecule has 27 heavy (non-hydrogen) atoms. The fourth-order valence-corrected chi connectivity index (χ4v) is 3.78. The molecular weight excluding hydrogens is 364 g/mol. The Balaban J connectivity index is 1.62. The number of hydrogen-bond donors (Lipinski definition) is 1. The summed E-state index contributed by atoms with van der Waals surface area (Å²) in [7, 11) is 1.63. The smallest absolute Gasteiger partial charge is 0.336 e. The van der Waals surface area contributed by atoms with Crippen molar-refractivity contribution < 1.29 is 14.3 Å². The minimum atomic E-state index is -0.442. The normalized spacial score (nSPS) is 11.0. The van der Waals surface area contributed by atoms with Crippen molar-refractivity contribution >= 4 is 22.7 Å². The van der Waals surface area contributed by atoms with Gasteiger partial charge in [-0.2, -0.15) is 0 Å². The van der Waals surface area contributed by atoms with Gasteiger partial charge in [-0.1, -0.05) is 11.8 Å². The Hall–Kier alpha value is -3.19. The minimum absolute atomic E-state index is 0.0606. The molecule has 4 aromatic rings. The third kappa shape index (κ3) is 3.54. The molecule has 0 spiro atoms. The molecule has 0 aliphatic carbocycles. The molecule has 0 fully saturated rings. The number of methoxy groups -OCH3 is 1. The van der Waals surface area contributed by atoms with Crippen molar-refractivity contribution in [3.8, 4) is 17.2 Å². The fourth-order valence-electron chi connectivity index (χ4n) is 2.82. The molecule has 0 saturated heterocycles. The lowest BCUT2D eigenvalue weighted by molar-refractivity contribution is 0.414. The Kier molecular flexibility index (Phi) is 4.60. The van der Waals surface area contributed by atoms with Gasteiger partial charge in [-0.25, -0.2) is 9.78 Å². The Bertz CT molecular complexity index is 1150. The van der Waals surface area contributed by atoms with E-state index in [0.717, 1.165) is 27.5 Å². The summed E-state index contributed by atoms with van der Waals surface area (Å²) >= 11 is 1.52. The van der Waals surface area contributed by atoms with Crippen LogP contribution in [0.4, 0.5) is 0 Å². The predicted octanol–water partition coefficient (Wildman–Crippen LogP) is 3.99. The van der Waals surface area contributed by atoms with Crippen molar-refractivity contribution in [2.45, 2.75) is 10.9 Å². The highest BCUT2D eigenvalue weighted by atomic mass is 32.2. The van der Waals surface area contributed by atoms with Gasteiger partial charge in [0, 0.05) is 41.4 Å². The van der Waals surface area contributed by atoms with Gasteiger partial charge < -0.3 is 14.3 Å². The van der Waals surface area contributed by atoms with E-state index in [9.17, 15) is 9.90 Å². The van der Waals surface area contributed by atoms with E-state index in [2.05, 4.69) is 4.98 Å². The average molecular weight is 380 g/mol. The first-order chi connectivity index (χ1) is 13.1. The van der Waals surface area contributed by atoms with Crippen LogP contribution in [-0.2, 0) is 5.75 Å². The van der Waals surface area contributed by atoms with Gasteiger partial charge in [0.2, 0.25) is 0 Å². The van der Waals surface area contributed by atoms with E-state index in [1.807, 2.05) is 35.0 Å². The Morgan fingerprint density at radius 1 is 1.19 bits per heavy atom. The molecule has 2 heterocycles. The molecule has 2 aromatic carbocycles. The zero-order valence-electron chi connectivity index (χ0n) is 14.5. The molecule has 6 nitrogen and oxygen atoms in total. The molecule has 2 aromatic heterocycles. The van der Waals surface area contributed by atoms with Gasteiger partial charge in [0.05, 0.1) is 7.11 Å². The zero-order chi connectivity index (χ0) is 18.8. The van der Waals surface area contributed by atoms with E-state index < -0.39 is 5.63 Å². The second kappa shape index (κ2) is 7.20. The van der Waals surface area contributed by atoms with E-state index >= 15 is 0 Å². The number of fused-ring (bicyclic) bond motifs is 1. The van der Waals surface area contributed by atoms with Gasteiger partial charge in [0.25, 0.3) is 0 Å². The van der Waals surface area contributed by atoms with Crippen LogP contribution in [0.2, 0.25) is 0 Å². The van der Waals surface area contributed by atoms with Gasteiger partial charge in [-0.15, -0.1) is 0 Å². The van der Waals surface area contributed by atoms with E-state index in [-0.39, 0.29) is 5.75 Å². The molecule has 7 heteroatoms. The number of benzene rings is 2. The number of ether oxygens (including phenoxy) is 1. The molecule has 0 bridgehead atoms. The Labute approximate surface area is 159 Å². The lowest BCUT2D eigenvalue weighted by Gasteiger charge is -2.09. The van der Waals surface area contributed by atoms with Gasteiger partial charge in [-0.05, 0) is 42.0 Å². The lowest BCUT2D eigenvalue weighted by Crippen LogP contribution is -2.00. The Morgan fingerprint density at radius 2 is 2.00 bits per heavy atom. The van der Waals surface area contributed by atoms with E-state index in [0.29, 0.717) is 11.3 Å². The third-order valence-electron chi connectivity index (χ3n) is 4.13. The van der Waals surface area contributed by atoms with Crippen LogP contribution in [0.5, 0.6) is 11.5 Å². The summed E-state index contributed by atoms with van der Waals surface area (Å²) in [6.07, 6.45) is 3.63. The number of hydrogen-bond acceptors (Lipinski definition) is 6. The molecule has 4 rings (SSSR count). The molecule has 0 radical (unpaired) electrons. The van der Waals surface area contributed by atoms with Crippen LogP contribution in [-0.4, -0.2) is 21.8 Å². The quantitative estimate of drug-likeness (QED) is 0.417. The maximum absolute atomic E-state index is 11.8. The highest BCUT2D eigenvalue weighted by molar-refractivity contribution is 7.98. The molecule has 0 unspecified atom stereocenters. The third-order valence-corrected chi connectivity index (χ3v) is 5.14. The van der Waals surface area contributed by atoms with Crippen molar-refractivity contribution in [1.82, 2.24) is 9.55 Å². The number of rotatable bonds is 5. The van der Waals surface area contributed by atoms with Crippen LogP contribution in [0.3, 0.4) is 0 Å². The summed E-state index contributed by atoms with van der Waals surface area (Å²) in [4.78, 5) is 16.3. The van der Waals surface area contributed by atoms with E-state index in [1.54, 1.807) is 25.4 Å². The summed E-state index contributed by atoms with van der Waals surface area (Å²) in [6, 6.07) is 14.0. The monoisotopic (exact) mass is 380 g/mol. The van der Waals surface area contributed by atoms with Crippen molar-refractivity contribution in [3.05, 3.63) is 76.9 Å². The first kappa shape index (κ1) is 17.2. The molecular formula is C20H16N2O4S. The van der Waals surface area contributed by atoms with Crippen molar-refractivity contribution in [2.75, 3.05) is 7.11 Å². The van der Waals surface area contributed by atoms with Crippen LogP contribution in [0, 0.1) is 0 Å². The van der Waals surface area contributed by atoms with Crippen LogP contribution < -0.4 is 10.4 Å². The molecule has 1 N–H and O–H groups in total. The van der Waals surface area contributed by atoms with Gasteiger partial charge >= 0.3 is 5.63 Å². The Morgan fingerprint density at radius 3 is 2.78 bits per heavy atom. The number of phenols is 1. The molecule has 0 amide bonds. The highest BCUT2D eigenvalue weighted by Crippen LogP contribution is 2.29. The summed E-state index contributed by atoms with van der Waals surface area (Å²) < 4.78 is 12.3. The van der Waals surface area contributed by atoms with Gasteiger partial charge in [0.1, 0.15) is 17.1 Å². The predicted molar refractivity (Wildman–Crippen MR) is 104 cm³/mol. The fraction of sp³-hybridized carbons (Fsp3) is 0.100. The van der Waals surface area contributed by atoms with Crippen LogP contribution in [0.15, 0.2) is 75.3 Å². The SMILES string of the molecule is COc1ccc(-n2ccnc2SCc2cc(=O)oc3cc(O)ccc23)cc1.